The van der Waals surface area contributed by atoms with Crippen LogP contribution in [0, 0.1) is 5.82 Å². The van der Waals surface area contributed by atoms with Gasteiger partial charge in [-0.25, -0.2) is 4.39 Å². The Morgan fingerprint density at radius 2 is 1.70 bits per heavy atom. The average Bonchev–Trinajstić information content (AvgIpc) is 2.68. The largest absolute Gasteiger partial charge is 0.493 e. The van der Waals surface area contributed by atoms with Crippen molar-refractivity contribution < 1.29 is 18.7 Å². The molecule has 138 valence electrons. The molecule has 6 nitrogen and oxygen atoms in total. The zero-order valence-corrected chi connectivity index (χ0v) is 14.8. The lowest BCUT2D eigenvalue weighted by Crippen LogP contribution is -2.14. The molecule has 0 atom stereocenters. The maximum absolute atomic E-state index is 13.3. The van der Waals surface area contributed by atoms with Gasteiger partial charge in [0.1, 0.15) is 11.5 Å². The summed E-state index contributed by atoms with van der Waals surface area (Å²) in [5, 5.41) is 5.80. The van der Waals surface area contributed by atoms with E-state index in [1.807, 2.05) is 0 Å². The number of hydrogen-bond acceptors (Lipinski definition) is 5. The minimum absolute atomic E-state index is 0.214. The SMILES string of the molecule is COc1ccc(NC(=O)c2cc(Nc3cccc(F)c3)ccn2)cc1OC. The van der Waals surface area contributed by atoms with E-state index in [0.717, 1.165) is 0 Å². The second kappa shape index (κ2) is 8.18. The van der Waals surface area contributed by atoms with Gasteiger partial charge in [0.2, 0.25) is 0 Å². The second-order valence-corrected chi connectivity index (χ2v) is 5.59. The molecule has 0 aliphatic heterocycles. The van der Waals surface area contributed by atoms with E-state index >= 15 is 0 Å². The van der Waals surface area contributed by atoms with Crippen LogP contribution < -0.4 is 20.1 Å². The van der Waals surface area contributed by atoms with Gasteiger partial charge < -0.3 is 20.1 Å². The summed E-state index contributed by atoms with van der Waals surface area (Å²) in [6.45, 7) is 0. The van der Waals surface area contributed by atoms with Crippen LogP contribution in [0.25, 0.3) is 0 Å². The highest BCUT2D eigenvalue weighted by Crippen LogP contribution is 2.30. The van der Waals surface area contributed by atoms with Gasteiger partial charge in [0.15, 0.2) is 11.5 Å². The monoisotopic (exact) mass is 367 g/mol. The smallest absolute Gasteiger partial charge is 0.274 e. The molecule has 0 aliphatic carbocycles. The van der Waals surface area contributed by atoms with Crippen LogP contribution in [0.5, 0.6) is 11.5 Å². The molecule has 7 heteroatoms. The molecule has 0 aliphatic rings. The Bertz CT molecular complexity index is 963. The highest BCUT2D eigenvalue weighted by atomic mass is 19.1. The van der Waals surface area contributed by atoms with Crippen LogP contribution >= 0.6 is 0 Å². The number of carbonyl (C=O) groups is 1. The molecule has 27 heavy (non-hydrogen) atoms. The van der Waals surface area contributed by atoms with E-state index in [9.17, 15) is 9.18 Å². The van der Waals surface area contributed by atoms with E-state index in [2.05, 4.69) is 15.6 Å². The highest BCUT2D eigenvalue weighted by molar-refractivity contribution is 6.03. The lowest BCUT2D eigenvalue weighted by molar-refractivity contribution is 0.102. The fourth-order valence-electron chi connectivity index (χ4n) is 2.47. The number of amides is 1. The molecule has 0 saturated heterocycles. The third-order valence-electron chi connectivity index (χ3n) is 3.75. The Labute approximate surface area is 156 Å². The number of benzene rings is 2. The third kappa shape index (κ3) is 4.52. The van der Waals surface area contributed by atoms with E-state index in [1.54, 1.807) is 42.5 Å². The maximum Gasteiger partial charge on any atom is 0.274 e. The number of ether oxygens (including phenoxy) is 2. The standard InChI is InChI=1S/C20H18FN3O3/c1-26-18-7-6-15(12-19(18)27-2)24-20(25)17-11-16(8-9-22-17)23-14-5-3-4-13(21)10-14/h3-12H,1-2H3,(H,22,23)(H,24,25). The van der Waals surface area contributed by atoms with Crippen molar-refractivity contribution in [2.45, 2.75) is 0 Å². The first-order valence-electron chi connectivity index (χ1n) is 8.11. The lowest BCUT2D eigenvalue weighted by atomic mass is 10.2. The number of aromatic nitrogens is 1. The molecule has 0 radical (unpaired) electrons. The Morgan fingerprint density at radius 1 is 0.926 bits per heavy atom. The van der Waals surface area contributed by atoms with Gasteiger partial charge in [-0.05, 0) is 42.5 Å². The van der Waals surface area contributed by atoms with Crippen LogP contribution in [-0.4, -0.2) is 25.1 Å². The maximum atomic E-state index is 13.3. The van der Waals surface area contributed by atoms with Gasteiger partial charge in [-0.15, -0.1) is 0 Å². The van der Waals surface area contributed by atoms with Crippen molar-refractivity contribution >= 4 is 23.0 Å². The van der Waals surface area contributed by atoms with Crippen molar-refractivity contribution in [2.75, 3.05) is 24.9 Å². The number of carbonyl (C=O) groups excluding carboxylic acids is 1. The van der Waals surface area contributed by atoms with Gasteiger partial charge in [-0.1, -0.05) is 6.07 Å². The van der Waals surface area contributed by atoms with Crippen LogP contribution in [0.3, 0.4) is 0 Å². The van der Waals surface area contributed by atoms with Crippen molar-refractivity contribution in [3.63, 3.8) is 0 Å². The van der Waals surface area contributed by atoms with Gasteiger partial charge in [-0.2, -0.15) is 0 Å². The molecule has 1 aromatic heterocycles. The number of nitrogens with zero attached hydrogens (tertiary/aromatic N) is 1. The summed E-state index contributed by atoms with van der Waals surface area (Å²) in [6, 6.07) is 14.4. The highest BCUT2D eigenvalue weighted by Gasteiger charge is 2.11. The summed E-state index contributed by atoms with van der Waals surface area (Å²) >= 11 is 0. The Balaban J connectivity index is 1.75. The lowest BCUT2D eigenvalue weighted by Gasteiger charge is -2.11. The van der Waals surface area contributed by atoms with Crippen LogP contribution in [-0.2, 0) is 0 Å². The summed E-state index contributed by atoms with van der Waals surface area (Å²) in [5.74, 6) is 0.338. The van der Waals surface area contributed by atoms with Crippen molar-refractivity contribution in [3.05, 3.63) is 72.3 Å². The van der Waals surface area contributed by atoms with Gasteiger partial charge >= 0.3 is 0 Å². The number of halogens is 1. The second-order valence-electron chi connectivity index (χ2n) is 5.59. The summed E-state index contributed by atoms with van der Waals surface area (Å²) in [4.78, 5) is 16.6. The predicted octanol–water partition coefficient (Wildman–Crippen LogP) is 4.23. The zero-order chi connectivity index (χ0) is 19.2. The van der Waals surface area contributed by atoms with Crippen LogP contribution in [0.2, 0.25) is 0 Å². The van der Waals surface area contributed by atoms with E-state index in [0.29, 0.717) is 28.6 Å². The molecule has 0 fully saturated rings. The van der Waals surface area contributed by atoms with Gasteiger partial charge in [0, 0.05) is 29.3 Å². The molecule has 2 N–H and O–H groups in total. The Hall–Kier alpha value is -3.61. The van der Waals surface area contributed by atoms with E-state index in [-0.39, 0.29) is 17.4 Å². The van der Waals surface area contributed by atoms with Crippen molar-refractivity contribution in [1.82, 2.24) is 4.98 Å². The minimum atomic E-state index is -0.384. The fourth-order valence-corrected chi connectivity index (χ4v) is 2.47. The molecule has 0 spiro atoms. The summed E-state index contributed by atoms with van der Waals surface area (Å²) in [7, 11) is 3.06. The molecule has 3 rings (SSSR count). The first-order valence-corrected chi connectivity index (χ1v) is 8.11. The van der Waals surface area contributed by atoms with E-state index in [1.165, 1.54) is 32.5 Å². The molecule has 1 heterocycles. The third-order valence-corrected chi connectivity index (χ3v) is 3.75. The minimum Gasteiger partial charge on any atom is -0.493 e. The van der Waals surface area contributed by atoms with Crippen molar-refractivity contribution in [3.8, 4) is 11.5 Å². The van der Waals surface area contributed by atoms with Crippen molar-refractivity contribution in [2.24, 2.45) is 0 Å². The Kier molecular flexibility index (Phi) is 5.51. The van der Waals surface area contributed by atoms with Crippen LogP contribution in [0.15, 0.2) is 60.8 Å². The van der Waals surface area contributed by atoms with Gasteiger partial charge in [0.25, 0.3) is 5.91 Å². The fraction of sp³-hybridized carbons (Fsp3) is 0.100. The molecular formula is C20H18FN3O3. The molecule has 3 aromatic rings. The topological polar surface area (TPSA) is 72.5 Å². The van der Waals surface area contributed by atoms with Gasteiger partial charge in [-0.3, -0.25) is 9.78 Å². The number of pyridine rings is 1. The predicted molar refractivity (Wildman–Crippen MR) is 101 cm³/mol. The normalized spacial score (nSPS) is 10.2. The number of rotatable bonds is 6. The molecule has 2 aromatic carbocycles. The Morgan fingerprint density at radius 3 is 2.44 bits per heavy atom. The average molecular weight is 367 g/mol. The number of hydrogen-bond donors (Lipinski definition) is 2. The number of nitrogens with one attached hydrogen (secondary N) is 2. The quantitative estimate of drug-likeness (QED) is 0.682. The summed E-state index contributed by atoms with van der Waals surface area (Å²) in [6.07, 6.45) is 1.51. The summed E-state index contributed by atoms with van der Waals surface area (Å²) < 4.78 is 23.7. The number of methoxy groups -OCH3 is 2. The van der Waals surface area contributed by atoms with Gasteiger partial charge in [0.05, 0.1) is 14.2 Å². The summed E-state index contributed by atoms with van der Waals surface area (Å²) in [5.41, 5.74) is 1.95. The molecule has 1 amide bonds. The molecule has 0 bridgehead atoms. The molecular weight excluding hydrogens is 349 g/mol. The van der Waals surface area contributed by atoms with Crippen LogP contribution in [0.1, 0.15) is 10.5 Å². The first-order chi connectivity index (χ1) is 13.1. The number of anilines is 3. The zero-order valence-electron chi connectivity index (χ0n) is 14.8. The first kappa shape index (κ1) is 18.2. The van der Waals surface area contributed by atoms with Crippen LogP contribution in [0.4, 0.5) is 21.5 Å². The molecule has 0 unspecified atom stereocenters. The molecule has 0 saturated carbocycles. The van der Waals surface area contributed by atoms with E-state index < -0.39 is 0 Å². The van der Waals surface area contributed by atoms with E-state index in [4.69, 9.17) is 9.47 Å². The van der Waals surface area contributed by atoms with Crippen molar-refractivity contribution in [1.29, 1.82) is 0 Å².